The van der Waals surface area contributed by atoms with E-state index in [2.05, 4.69) is 5.32 Å². The maximum absolute atomic E-state index is 12.2. The summed E-state index contributed by atoms with van der Waals surface area (Å²) in [6, 6.07) is 8.67. The summed E-state index contributed by atoms with van der Waals surface area (Å²) in [4.78, 5) is 23.8. The molecule has 1 aromatic carbocycles. The van der Waals surface area contributed by atoms with Crippen LogP contribution in [0.3, 0.4) is 0 Å². The zero-order chi connectivity index (χ0) is 14.8. The highest BCUT2D eigenvalue weighted by Gasteiger charge is 2.39. The van der Waals surface area contributed by atoms with E-state index in [1.54, 1.807) is 30.3 Å². The van der Waals surface area contributed by atoms with E-state index in [0.29, 0.717) is 12.0 Å². The Bertz CT molecular complexity index is 502. The lowest BCUT2D eigenvalue weighted by molar-refractivity contribution is -0.149. The topological polar surface area (TPSA) is 75.6 Å². The van der Waals surface area contributed by atoms with Crippen LogP contribution in [0.2, 0.25) is 0 Å². The predicted molar refractivity (Wildman–Crippen MR) is 73.1 cm³/mol. The van der Waals surface area contributed by atoms with Crippen LogP contribution in [0.4, 0.5) is 0 Å². The number of ether oxygens (including phenoxy) is 1. The second-order valence-corrected chi connectivity index (χ2v) is 5.30. The molecule has 1 amide bonds. The molecule has 0 aromatic heterocycles. The first-order valence-corrected chi connectivity index (χ1v) is 6.70. The molecule has 0 aliphatic carbocycles. The maximum Gasteiger partial charge on any atom is 0.333 e. The number of carbonyl (C=O) groups is 2. The van der Waals surface area contributed by atoms with Gasteiger partial charge in [-0.1, -0.05) is 30.3 Å². The largest absolute Gasteiger partial charge is 0.479 e. The van der Waals surface area contributed by atoms with E-state index in [1.807, 2.05) is 6.92 Å². The molecule has 3 unspecified atom stereocenters. The Kier molecular flexibility index (Phi) is 4.09. The Hall–Kier alpha value is -1.88. The standard InChI is InChI=1S/C15H19NO4/c1-10-8-9-12(20-10)13(17)16-15(2,14(18)19)11-6-4-3-5-7-11/h3-7,10,12H,8-9H2,1-2H3,(H,16,17)(H,18,19). The Morgan fingerprint density at radius 2 is 1.95 bits per heavy atom. The zero-order valence-corrected chi connectivity index (χ0v) is 11.6. The lowest BCUT2D eigenvalue weighted by atomic mass is 9.91. The van der Waals surface area contributed by atoms with Crippen molar-refractivity contribution in [1.82, 2.24) is 5.32 Å². The van der Waals surface area contributed by atoms with Gasteiger partial charge in [0.05, 0.1) is 6.10 Å². The molecule has 1 fully saturated rings. The molecule has 2 rings (SSSR count). The molecule has 5 heteroatoms. The van der Waals surface area contributed by atoms with Crippen molar-refractivity contribution in [2.75, 3.05) is 0 Å². The molecule has 1 heterocycles. The molecule has 2 N–H and O–H groups in total. The zero-order valence-electron chi connectivity index (χ0n) is 11.6. The van der Waals surface area contributed by atoms with Crippen molar-refractivity contribution >= 4 is 11.9 Å². The maximum atomic E-state index is 12.2. The quantitative estimate of drug-likeness (QED) is 0.877. The first-order chi connectivity index (χ1) is 9.43. The summed E-state index contributed by atoms with van der Waals surface area (Å²) in [6.07, 6.45) is 0.913. The van der Waals surface area contributed by atoms with Gasteiger partial charge in [-0.2, -0.15) is 0 Å². The number of carboxylic acid groups (broad SMARTS) is 1. The van der Waals surface area contributed by atoms with Crippen molar-refractivity contribution in [2.45, 2.75) is 44.4 Å². The van der Waals surface area contributed by atoms with Crippen molar-refractivity contribution in [2.24, 2.45) is 0 Å². The van der Waals surface area contributed by atoms with Crippen molar-refractivity contribution in [3.63, 3.8) is 0 Å². The van der Waals surface area contributed by atoms with Crippen LogP contribution in [0.1, 0.15) is 32.3 Å². The molecule has 1 aliphatic rings. The van der Waals surface area contributed by atoms with Gasteiger partial charge in [0.25, 0.3) is 0 Å². The molecule has 108 valence electrons. The average Bonchev–Trinajstić information content (AvgIpc) is 2.86. The third-order valence-corrected chi connectivity index (χ3v) is 3.68. The minimum absolute atomic E-state index is 0.0403. The number of carboxylic acids is 1. The summed E-state index contributed by atoms with van der Waals surface area (Å²) in [7, 11) is 0. The molecule has 1 aliphatic heterocycles. The van der Waals surface area contributed by atoms with E-state index in [1.165, 1.54) is 6.92 Å². The van der Waals surface area contributed by atoms with Crippen LogP contribution in [0.25, 0.3) is 0 Å². The second-order valence-electron chi connectivity index (χ2n) is 5.30. The molecule has 5 nitrogen and oxygen atoms in total. The fraction of sp³-hybridized carbons (Fsp3) is 0.467. The number of amides is 1. The third-order valence-electron chi connectivity index (χ3n) is 3.68. The van der Waals surface area contributed by atoms with Gasteiger partial charge in [-0.25, -0.2) is 4.79 Å². The van der Waals surface area contributed by atoms with Crippen LogP contribution in [-0.2, 0) is 19.9 Å². The number of hydrogen-bond donors (Lipinski definition) is 2. The molecule has 0 radical (unpaired) electrons. The number of hydrogen-bond acceptors (Lipinski definition) is 3. The Labute approximate surface area is 117 Å². The highest BCUT2D eigenvalue weighted by Crippen LogP contribution is 2.24. The minimum atomic E-state index is -1.45. The fourth-order valence-electron chi connectivity index (χ4n) is 2.34. The van der Waals surface area contributed by atoms with Crippen molar-refractivity contribution in [3.8, 4) is 0 Å². The fourth-order valence-corrected chi connectivity index (χ4v) is 2.34. The van der Waals surface area contributed by atoms with E-state index in [4.69, 9.17) is 4.74 Å². The predicted octanol–water partition coefficient (Wildman–Crippen LogP) is 1.67. The van der Waals surface area contributed by atoms with Gasteiger partial charge in [0.15, 0.2) is 5.54 Å². The lowest BCUT2D eigenvalue weighted by Gasteiger charge is -2.28. The van der Waals surface area contributed by atoms with Crippen LogP contribution in [0.5, 0.6) is 0 Å². The summed E-state index contributed by atoms with van der Waals surface area (Å²) in [5.74, 6) is -1.47. The Balaban J connectivity index is 2.18. The van der Waals surface area contributed by atoms with E-state index < -0.39 is 17.6 Å². The van der Waals surface area contributed by atoms with Crippen molar-refractivity contribution < 1.29 is 19.4 Å². The number of benzene rings is 1. The molecule has 0 saturated carbocycles. The number of nitrogens with one attached hydrogen (secondary N) is 1. The monoisotopic (exact) mass is 277 g/mol. The van der Waals surface area contributed by atoms with Crippen molar-refractivity contribution in [3.05, 3.63) is 35.9 Å². The van der Waals surface area contributed by atoms with Crippen LogP contribution in [0, 0.1) is 0 Å². The van der Waals surface area contributed by atoms with E-state index in [9.17, 15) is 14.7 Å². The summed E-state index contributed by atoms with van der Waals surface area (Å²) < 4.78 is 5.48. The second kappa shape index (κ2) is 5.63. The third kappa shape index (κ3) is 2.82. The molecular weight excluding hydrogens is 258 g/mol. The highest BCUT2D eigenvalue weighted by atomic mass is 16.5. The smallest absolute Gasteiger partial charge is 0.333 e. The van der Waals surface area contributed by atoms with Gasteiger partial charge in [0.2, 0.25) is 5.91 Å². The SMILES string of the molecule is CC1CCC(C(=O)NC(C)(C(=O)O)c2ccccc2)O1. The summed E-state index contributed by atoms with van der Waals surface area (Å²) in [6.45, 7) is 3.39. The highest BCUT2D eigenvalue weighted by molar-refractivity contribution is 5.89. The van der Waals surface area contributed by atoms with Gasteiger partial charge >= 0.3 is 5.97 Å². The van der Waals surface area contributed by atoms with Gasteiger partial charge in [0.1, 0.15) is 6.10 Å². The van der Waals surface area contributed by atoms with E-state index in [-0.39, 0.29) is 12.0 Å². The van der Waals surface area contributed by atoms with Gasteiger partial charge in [-0.15, -0.1) is 0 Å². The van der Waals surface area contributed by atoms with Crippen molar-refractivity contribution in [1.29, 1.82) is 0 Å². The minimum Gasteiger partial charge on any atom is -0.479 e. The summed E-state index contributed by atoms with van der Waals surface area (Å²) >= 11 is 0. The van der Waals surface area contributed by atoms with E-state index >= 15 is 0 Å². The Morgan fingerprint density at radius 3 is 2.45 bits per heavy atom. The van der Waals surface area contributed by atoms with E-state index in [0.717, 1.165) is 6.42 Å². The molecule has 20 heavy (non-hydrogen) atoms. The molecule has 0 bridgehead atoms. The van der Waals surface area contributed by atoms with Gasteiger partial charge in [-0.3, -0.25) is 4.79 Å². The molecular formula is C15H19NO4. The lowest BCUT2D eigenvalue weighted by Crippen LogP contribution is -2.52. The van der Waals surface area contributed by atoms with Crippen LogP contribution < -0.4 is 5.32 Å². The summed E-state index contributed by atoms with van der Waals surface area (Å²) in [5, 5.41) is 12.1. The van der Waals surface area contributed by atoms with Gasteiger partial charge < -0.3 is 15.2 Å². The molecule has 1 aromatic rings. The number of carbonyl (C=O) groups excluding carboxylic acids is 1. The normalized spacial score (nSPS) is 24.9. The van der Waals surface area contributed by atoms with Crippen LogP contribution in [0.15, 0.2) is 30.3 Å². The first-order valence-electron chi connectivity index (χ1n) is 6.70. The van der Waals surface area contributed by atoms with Gasteiger partial charge in [0, 0.05) is 0 Å². The number of aliphatic carboxylic acids is 1. The Morgan fingerprint density at radius 1 is 1.30 bits per heavy atom. The molecule has 0 spiro atoms. The van der Waals surface area contributed by atoms with Crippen LogP contribution >= 0.6 is 0 Å². The van der Waals surface area contributed by atoms with Crippen LogP contribution in [-0.4, -0.2) is 29.2 Å². The molecule has 3 atom stereocenters. The first kappa shape index (κ1) is 14.5. The van der Waals surface area contributed by atoms with Gasteiger partial charge in [-0.05, 0) is 32.3 Å². The molecule has 1 saturated heterocycles. The number of rotatable bonds is 4. The summed E-state index contributed by atoms with van der Waals surface area (Å²) in [5.41, 5.74) is -0.917. The average molecular weight is 277 g/mol.